The standard InChI is InChI=1S/C47H31N3O/c1-2-12-32(13-3-1)39-27-28-42-43(40-18-8-9-20-41(40)51-42)44(39)47-49-45(48-46(50-47)36-26-21-30-11-4-5-15-35(30)29-36)34-24-22-33(23-25-34)38-19-10-16-31-14-6-7-17-37(31)38/h1-29,47H,(H,48,49,50). The number of aliphatic imine (C=N–C) groups is 2. The first-order valence-corrected chi connectivity index (χ1v) is 17.3. The largest absolute Gasteiger partial charge is 0.456 e. The van der Waals surface area contributed by atoms with Crippen LogP contribution < -0.4 is 5.32 Å². The SMILES string of the molecule is c1ccc(-c2ccc3oc4ccccc4c3c2C2N=C(c3ccc4ccccc4c3)N=C(c3ccc(-c4cccc5ccccc45)cc3)N2)cc1. The van der Waals surface area contributed by atoms with Crippen molar-refractivity contribution in [1.29, 1.82) is 0 Å². The molecule has 0 radical (unpaired) electrons. The molecule has 1 atom stereocenters. The Bertz CT molecular complexity index is 2820. The first kappa shape index (κ1) is 29.2. The molecule has 51 heavy (non-hydrogen) atoms. The molecular formula is C47H31N3O. The Hall–Kier alpha value is -6.78. The first-order chi connectivity index (χ1) is 25.3. The van der Waals surface area contributed by atoms with Gasteiger partial charge < -0.3 is 9.73 Å². The van der Waals surface area contributed by atoms with E-state index in [-0.39, 0.29) is 0 Å². The van der Waals surface area contributed by atoms with Crippen molar-refractivity contribution in [1.82, 2.24) is 5.32 Å². The smallest absolute Gasteiger partial charge is 0.159 e. The second-order valence-electron chi connectivity index (χ2n) is 13.0. The molecule has 0 aliphatic carbocycles. The summed E-state index contributed by atoms with van der Waals surface area (Å²) in [6.45, 7) is 0. The molecule has 0 bridgehead atoms. The maximum Gasteiger partial charge on any atom is 0.159 e. The number of nitrogens with one attached hydrogen (secondary N) is 1. The fourth-order valence-corrected chi connectivity index (χ4v) is 7.48. The number of hydrogen-bond acceptors (Lipinski definition) is 4. The molecule has 2 heterocycles. The molecule has 10 rings (SSSR count). The summed E-state index contributed by atoms with van der Waals surface area (Å²) in [5.41, 5.74) is 9.28. The van der Waals surface area contributed by atoms with Gasteiger partial charge in [0.05, 0.1) is 0 Å². The van der Waals surface area contributed by atoms with Crippen LogP contribution in [0.15, 0.2) is 190 Å². The lowest BCUT2D eigenvalue weighted by molar-refractivity contribution is 0.663. The lowest BCUT2D eigenvalue weighted by Gasteiger charge is -2.26. The molecule has 0 spiro atoms. The summed E-state index contributed by atoms with van der Waals surface area (Å²) in [6.07, 6.45) is -0.448. The number of benzene rings is 8. The minimum absolute atomic E-state index is 0.448. The van der Waals surface area contributed by atoms with Crippen LogP contribution in [0, 0.1) is 0 Å². The Morgan fingerprint density at radius 3 is 1.98 bits per heavy atom. The minimum atomic E-state index is -0.448. The first-order valence-electron chi connectivity index (χ1n) is 17.3. The van der Waals surface area contributed by atoms with Crippen LogP contribution in [-0.4, -0.2) is 11.7 Å². The highest BCUT2D eigenvalue weighted by atomic mass is 16.3. The van der Waals surface area contributed by atoms with Crippen LogP contribution in [0.4, 0.5) is 0 Å². The number of hydrogen-bond donors (Lipinski definition) is 1. The van der Waals surface area contributed by atoms with E-state index in [1.54, 1.807) is 0 Å². The molecule has 1 aliphatic rings. The topological polar surface area (TPSA) is 49.9 Å². The van der Waals surface area contributed by atoms with Crippen LogP contribution in [-0.2, 0) is 0 Å². The van der Waals surface area contributed by atoms with Crippen molar-refractivity contribution in [3.8, 4) is 22.3 Å². The molecule has 0 saturated heterocycles. The van der Waals surface area contributed by atoms with E-state index in [9.17, 15) is 0 Å². The fraction of sp³-hybridized carbons (Fsp3) is 0.0213. The van der Waals surface area contributed by atoms with Crippen LogP contribution in [0.3, 0.4) is 0 Å². The average Bonchev–Trinajstić information content (AvgIpc) is 3.59. The predicted molar refractivity (Wildman–Crippen MR) is 211 cm³/mol. The Morgan fingerprint density at radius 2 is 1.12 bits per heavy atom. The maximum atomic E-state index is 6.43. The van der Waals surface area contributed by atoms with Crippen molar-refractivity contribution < 1.29 is 4.42 Å². The summed E-state index contributed by atoms with van der Waals surface area (Å²) in [4.78, 5) is 10.6. The highest BCUT2D eigenvalue weighted by Crippen LogP contribution is 2.41. The lowest BCUT2D eigenvalue weighted by atomic mass is 9.93. The predicted octanol–water partition coefficient (Wildman–Crippen LogP) is 11.7. The van der Waals surface area contributed by atoms with Gasteiger partial charge in [0.15, 0.2) is 5.84 Å². The zero-order valence-corrected chi connectivity index (χ0v) is 27.6. The highest BCUT2D eigenvalue weighted by Gasteiger charge is 2.27. The molecule has 0 saturated carbocycles. The summed E-state index contributed by atoms with van der Waals surface area (Å²) in [5.74, 6) is 1.45. The quantitative estimate of drug-likeness (QED) is 0.201. The van der Waals surface area contributed by atoms with E-state index < -0.39 is 6.17 Å². The van der Waals surface area contributed by atoms with Gasteiger partial charge >= 0.3 is 0 Å². The normalized spacial score (nSPS) is 14.5. The zero-order valence-electron chi connectivity index (χ0n) is 27.6. The molecule has 1 aromatic heterocycles. The van der Waals surface area contributed by atoms with Gasteiger partial charge in [-0.3, -0.25) is 0 Å². The van der Waals surface area contributed by atoms with Gasteiger partial charge in [0.1, 0.15) is 23.2 Å². The van der Waals surface area contributed by atoms with Gasteiger partial charge in [-0.1, -0.05) is 158 Å². The third-order valence-corrected chi connectivity index (χ3v) is 9.95. The maximum absolute atomic E-state index is 6.43. The van der Waals surface area contributed by atoms with Crippen molar-refractivity contribution in [3.63, 3.8) is 0 Å². The Balaban J connectivity index is 1.16. The molecule has 1 N–H and O–H groups in total. The second kappa shape index (κ2) is 12.0. The van der Waals surface area contributed by atoms with Crippen LogP contribution in [0.5, 0.6) is 0 Å². The Kier molecular flexibility index (Phi) is 6.85. The van der Waals surface area contributed by atoms with E-state index in [1.807, 2.05) is 12.1 Å². The van der Waals surface area contributed by atoms with E-state index in [4.69, 9.17) is 14.4 Å². The molecule has 240 valence electrons. The second-order valence-corrected chi connectivity index (χ2v) is 13.0. The number of amidine groups is 2. The summed E-state index contributed by atoms with van der Waals surface area (Å²) in [5, 5.41) is 10.7. The van der Waals surface area contributed by atoms with Gasteiger partial charge in [0, 0.05) is 27.5 Å². The van der Waals surface area contributed by atoms with E-state index in [0.717, 1.165) is 66.5 Å². The van der Waals surface area contributed by atoms with E-state index in [0.29, 0.717) is 5.84 Å². The van der Waals surface area contributed by atoms with Gasteiger partial charge in [-0.2, -0.15) is 0 Å². The van der Waals surface area contributed by atoms with E-state index in [2.05, 4.69) is 169 Å². The van der Waals surface area contributed by atoms with Gasteiger partial charge in [-0.05, 0) is 62.0 Å². The zero-order chi connectivity index (χ0) is 33.7. The van der Waals surface area contributed by atoms with Crippen molar-refractivity contribution in [2.45, 2.75) is 6.17 Å². The minimum Gasteiger partial charge on any atom is -0.456 e. The molecule has 1 unspecified atom stereocenters. The monoisotopic (exact) mass is 653 g/mol. The number of para-hydroxylation sites is 1. The molecule has 9 aromatic rings. The van der Waals surface area contributed by atoms with Crippen LogP contribution in [0.2, 0.25) is 0 Å². The summed E-state index contributed by atoms with van der Waals surface area (Å²) >= 11 is 0. The molecule has 8 aromatic carbocycles. The summed E-state index contributed by atoms with van der Waals surface area (Å²) < 4.78 is 6.43. The molecule has 1 aliphatic heterocycles. The van der Waals surface area contributed by atoms with Gasteiger partial charge in [0.2, 0.25) is 0 Å². The number of furan rings is 1. The van der Waals surface area contributed by atoms with Gasteiger partial charge in [-0.15, -0.1) is 0 Å². The summed E-state index contributed by atoms with van der Waals surface area (Å²) in [7, 11) is 0. The van der Waals surface area contributed by atoms with Crippen LogP contribution >= 0.6 is 0 Å². The fourth-order valence-electron chi connectivity index (χ4n) is 7.48. The molecule has 4 nitrogen and oxygen atoms in total. The Labute approximate surface area is 295 Å². The van der Waals surface area contributed by atoms with Gasteiger partial charge in [0.25, 0.3) is 0 Å². The average molecular weight is 654 g/mol. The lowest BCUT2D eigenvalue weighted by Crippen LogP contribution is -2.34. The third-order valence-electron chi connectivity index (χ3n) is 9.95. The van der Waals surface area contributed by atoms with Crippen molar-refractivity contribution in [2.75, 3.05) is 0 Å². The molecular weight excluding hydrogens is 623 g/mol. The van der Waals surface area contributed by atoms with Crippen molar-refractivity contribution in [2.24, 2.45) is 9.98 Å². The van der Waals surface area contributed by atoms with Crippen LogP contribution in [0.1, 0.15) is 22.9 Å². The number of rotatable bonds is 5. The van der Waals surface area contributed by atoms with Crippen LogP contribution in [0.25, 0.3) is 65.7 Å². The molecule has 4 heteroatoms. The van der Waals surface area contributed by atoms with Gasteiger partial charge in [-0.25, -0.2) is 9.98 Å². The van der Waals surface area contributed by atoms with E-state index in [1.165, 1.54) is 21.7 Å². The van der Waals surface area contributed by atoms with Crippen molar-refractivity contribution >= 4 is 55.2 Å². The van der Waals surface area contributed by atoms with E-state index >= 15 is 0 Å². The third kappa shape index (κ3) is 5.08. The molecule has 0 fully saturated rings. The Morgan fingerprint density at radius 1 is 0.451 bits per heavy atom. The highest BCUT2D eigenvalue weighted by molar-refractivity contribution is 6.15. The number of fused-ring (bicyclic) bond motifs is 5. The molecule has 0 amide bonds. The number of nitrogens with zero attached hydrogens (tertiary/aromatic N) is 2. The summed E-state index contributed by atoms with van der Waals surface area (Å²) in [6, 6.07) is 61.6. The van der Waals surface area contributed by atoms with Crippen molar-refractivity contribution in [3.05, 3.63) is 193 Å².